The number of thiazole rings is 1. The number of hydrogen-bond acceptors (Lipinski definition) is 6. The molecule has 0 saturated carbocycles. The highest BCUT2D eigenvalue weighted by molar-refractivity contribution is 7.15. The van der Waals surface area contributed by atoms with Gasteiger partial charge in [0.15, 0.2) is 5.78 Å². The van der Waals surface area contributed by atoms with Crippen molar-refractivity contribution in [3.8, 4) is 17.0 Å². The molecule has 0 bridgehead atoms. The van der Waals surface area contributed by atoms with Gasteiger partial charge in [-0.3, -0.25) is 14.9 Å². The number of nitrogens with zero attached hydrogens (tertiary/aromatic N) is 3. The first-order valence-electron chi connectivity index (χ1n) is 9.57. The molecule has 1 aliphatic heterocycles. The maximum Gasteiger partial charge on any atom is 0.258 e. The molecule has 0 saturated heterocycles. The molecule has 0 radical (unpaired) electrons. The summed E-state index contributed by atoms with van der Waals surface area (Å²) in [4.78, 5) is 30.3. The molecule has 0 atom stereocenters. The number of halogens is 1. The first kappa shape index (κ1) is 19.7. The van der Waals surface area contributed by atoms with Crippen molar-refractivity contribution in [2.45, 2.75) is 25.9 Å². The zero-order valence-corrected chi connectivity index (χ0v) is 18.3. The van der Waals surface area contributed by atoms with Crippen LogP contribution in [-0.2, 0) is 0 Å². The molecule has 31 heavy (non-hydrogen) atoms. The topological polar surface area (TPSA) is 85.6 Å². The smallest absolute Gasteiger partial charge is 0.258 e. The number of ether oxygens (including phenoxy) is 1. The van der Waals surface area contributed by atoms with Gasteiger partial charge in [0.05, 0.1) is 17.7 Å². The van der Waals surface area contributed by atoms with Crippen molar-refractivity contribution >= 4 is 45.5 Å². The Labute approximate surface area is 186 Å². The van der Waals surface area contributed by atoms with E-state index in [1.54, 1.807) is 22.7 Å². The number of anilines is 1. The van der Waals surface area contributed by atoms with Gasteiger partial charge in [0.25, 0.3) is 11.9 Å². The Bertz CT molecular complexity index is 1340. The van der Waals surface area contributed by atoms with Crippen LogP contribution in [0.1, 0.15) is 41.0 Å². The van der Waals surface area contributed by atoms with Crippen molar-refractivity contribution in [3.63, 3.8) is 0 Å². The largest absolute Gasteiger partial charge is 0.487 e. The number of benzene rings is 2. The van der Waals surface area contributed by atoms with Gasteiger partial charge in [-0.15, -0.1) is 16.4 Å². The van der Waals surface area contributed by atoms with E-state index in [0.717, 1.165) is 11.3 Å². The van der Waals surface area contributed by atoms with Crippen LogP contribution in [-0.4, -0.2) is 31.9 Å². The van der Waals surface area contributed by atoms with Crippen molar-refractivity contribution in [1.29, 1.82) is 0 Å². The molecular formula is C22H17ClN4O3S. The zero-order valence-electron chi connectivity index (χ0n) is 16.7. The number of carbonyl (C=O) groups excluding carboxylic acids is 2. The monoisotopic (exact) mass is 452 g/mol. The Morgan fingerprint density at radius 1 is 1.23 bits per heavy atom. The van der Waals surface area contributed by atoms with Gasteiger partial charge in [-0.05, 0) is 44.2 Å². The number of amides is 1. The number of fused-ring (bicyclic) bond motifs is 2. The fourth-order valence-corrected chi connectivity index (χ4v) is 4.48. The molecule has 0 fully saturated rings. The average molecular weight is 453 g/mol. The van der Waals surface area contributed by atoms with Crippen LogP contribution in [0.25, 0.3) is 16.2 Å². The van der Waals surface area contributed by atoms with E-state index in [1.807, 2.05) is 43.5 Å². The third kappa shape index (κ3) is 3.68. The van der Waals surface area contributed by atoms with E-state index in [2.05, 4.69) is 15.4 Å². The fraction of sp³-hybridized carbons (Fsp3) is 0.182. The Kier molecular flexibility index (Phi) is 4.56. The Balaban J connectivity index is 1.40. The number of aromatic nitrogens is 3. The minimum Gasteiger partial charge on any atom is -0.487 e. The normalized spacial score (nSPS) is 14.9. The SMILES string of the molecule is CC1(C)CC(=O)c2cc(C(=O)Nc3nc4scc(-c5ccc(Cl)cc5)n4n3)ccc2O1. The standard InChI is InChI=1S/C22H17ClN4O3S/c1-22(2)10-17(28)15-9-13(5-8-18(15)30-22)19(29)24-20-25-21-27(26-20)16(11-31-21)12-3-6-14(23)7-4-12/h3-9,11H,10H2,1-2H3,(H,24,26,29). The summed E-state index contributed by atoms with van der Waals surface area (Å²) in [6, 6.07) is 12.3. The van der Waals surface area contributed by atoms with Crippen LogP contribution in [0.15, 0.2) is 47.8 Å². The van der Waals surface area contributed by atoms with Crippen LogP contribution >= 0.6 is 22.9 Å². The number of nitrogens with one attached hydrogen (secondary N) is 1. The lowest BCUT2D eigenvalue weighted by Gasteiger charge is -2.31. The van der Waals surface area contributed by atoms with E-state index in [0.29, 0.717) is 26.9 Å². The number of Topliss-reactive ketones (excluding diaryl/α,β-unsaturated/α-hetero) is 1. The summed E-state index contributed by atoms with van der Waals surface area (Å²) >= 11 is 7.39. The summed E-state index contributed by atoms with van der Waals surface area (Å²) in [7, 11) is 0. The minimum atomic E-state index is -0.554. The number of rotatable bonds is 3. The molecule has 1 aliphatic rings. The summed E-state index contributed by atoms with van der Waals surface area (Å²) < 4.78 is 7.52. The Hall–Kier alpha value is -3.23. The molecule has 4 aromatic rings. The van der Waals surface area contributed by atoms with Crippen molar-refractivity contribution in [2.24, 2.45) is 0 Å². The van der Waals surface area contributed by atoms with Crippen molar-refractivity contribution < 1.29 is 14.3 Å². The molecule has 3 heterocycles. The maximum atomic E-state index is 12.8. The number of ketones is 1. The summed E-state index contributed by atoms with van der Waals surface area (Å²) in [5, 5.41) is 9.73. The summed E-state index contributed by atoms with van der Waals surface area (Å²) in [6.07, 6.45) is 0.261. The Morgan fingerprint density at radius 3 is 2.77 bits per heavy atom. The van der Waals surface area contributed by atoms with Crippen molar-refractivity contribution in [3.05, 3.63) is 64.0 Å². The molecule has 156 valence electrons. The van der Waals surface area contributed by atoms with Gasteiger partial charge in [0, 0.05) is 21.5 Å². The van der Waals surface area contributed by atoms with E-state index < -0.39 is 11.5 Å². The number of carbonyl (C=O) groups is 2. The zero-order chi connectivity index (χ0) is 21.8. The molecule has 1 amide bonds. The van der Waals surface area contributed by atoms with Gasteiger partial charge >= 0.3 is 0 Å². The lowest BCUT2D eigenvalue weighted by atomic mass is 9.92. The van der Waals surface area contributed by atoms with Crippen LogP contribution in [0.3, 0.4) is 0 Å². The molecule has 0 spiro atoms. The average Bonchev–Trinajstić information content (AvgIpc) is 3.28. The molecule has 7 nitrogen and oxygen atoms in total. The highest BCUT2D eigenvalue weighted by Crippen LogP contribution is 2.33. The Morgan fingerprint density at radius 2 is 2.00 bits per heavy atom. The first-order valence-corrected chi connectivity index (χ1v) is 10.8. The van der Waals surface area contributed by atoms with Crippen LogP contribution in [0.4, 0.5) is 5.95 Å². The first-order chi connectivity index (χ1) is 14.8. The van der Waals surface area contributed by atoms with Crippen LogP contribution in [0.5, 0.6) is 5.75 Å². The quantitative estimate of drug-likeness (QED) is 0.467. The molecule has 0 unspecified atom stereocenters. The molecule has 9 heteroatoms. The second-order valence-corrected chi connectivity index (χ2v) is 9.16. The van der Waals surface area contributed by atoms with Crippen molar-refractivity contribution in [2.75, 3.05) is 5.32 Å². The highest BCUT2D eigenvalue weighted by atomic mass is 35.5. The van der Waals surface area contributed by atoms with E-state index in [9.17, 15) is 9.59 Å². The molecule has 2 aromatic heterocycles. The van der Waals surface area contributed by atoms with Crippen LogP contribution in [0.2, 0.25) is 5.02 Å². The maximum absolute atomic E-state index is 12.8. The van der Waals surface area contributed by atoms with Gasteiger partial charge in [0.2, 0.25) is 4.96 Å². The number of hydrogen-bond donors (Lipinski definition) is 1. The van der Waals surface area contributed by atoms with Crippen molar-refractivity contribution in [1.82, 2.24) is 14.6 Å². The van der Waals surface area contributed by atoms with Gasteiger partial charge in [-0.2, -0.15) is 4.98 Å². The second kappa shape index (κ2) is 7.18. The lowest BCUT2D eigenvalue weighted by molar-refractivity contribution is 0.0620. The van der Waals surface area contributed by atoms with E-state index in [-0.39, 0.29) is 18.2 Å². The predicted molar refractivity (Wildman–Crippen MR) is 119 cm³/mol. The fourth-order valence-electron chi connectivity index (χ4n) is 3.52. The third-order valence-corrected chi connectivity index (χ3v) is 6.03. The third-order valence-electron chi connectivity index (χ3n) is 4.96. The van der Waals surface area contributed by atoms with Gasteiger partial charge in [-0.1, -0.05) is 23.7 Å². The lowest BCUT2D eigenvalue weighted by Crippen LogP contribution is -2.36. The summed E-state index contributed by atoms with van der Waals surface area (Å²) in [6.45, 7) is 3.73. The molecule has 2 aromatic carbocycles. The highest BCUT2D eigenvalue weighted by Gasteiger charge is 2.33. The molecule has 0 aliphatic carbocycles. The van der Waals surface area contributed by atoms with Gasteiger partial charge < -0.3 is 4.74 Å². The van der Waals surface area contributed by atoms with Gasteiger partial charge in [0.1, 0.15) is 11.4 Å². The second-order valence-electron chi connectivity index (χ2n) is 7.88. The minimum absolute atomic E-state index is 0.0471. The van der Waals surface area contributed by atoms with E-state index in [4.69, 9.17) is 16.3 Å². The van der Waals surface area contributed by atoms with E-state index in [1.165, 1.54) is 11.3 Å². The van der Waals surface area contributed by atoms with E-state index >= 15 is 0 Å². The van der Waals surface area contributed by atoms with Crippen LogP contribution in [0, 0.1) is 0 Å². The molecular weight excluding hydrogens is 436 g/mol. The summed E-state index contributed by atoms with van der Waals surface area (Å²) in [5.74, 6) is 0.236. The van der Waals surface area contributed by atoms with Crippen LogP contribution < -0.4 is 10.1 Å². The molecule has 1 N–H and O–H groups in total. The predicted octanol–water partition coefficient (Wildman–Crippen LogP) is 5.11. The summed E-state index contributed by atoms with van der Waals surface area (Å²) in [5.41, 5.74) is 1.99. The molecule has 5 rings (SSSR count). The van der Waals surface area contributed by atoms with Gasteiger partial charge in [-0.25, -0.2) is 4.52 Å².